The van der Waals surface area contributed by atoms with E-state index in [0.717, 1.165) is 39.8 Å². The maximum Gasteiger partial charge on any atom is 0.303 e. The molecule has 1 aliphatic rings. The van der Waals surface area contributed by atoms with Gasteiger partial charge in [0.25, 0.3) is 0 Å². The van der Waals surface area contributed by atoms with Gasteiger partial charge in [0.2, 0.25) is 5.91 Å². The number of nitrogens with zero attached hydrogens (tertiary/aromatic N) is 2. The van der Waals surface area contributed by atoms with Crippen molar-refractivity contribution in [3.63, 3.8) is 0 Å². The van der Waals surface area contributed by atoms with E-state index in [-0.39, 0.29) is 36.3 Å². The molecular formula is C35H37Cl2N3O6. The molecule has 0 bridgehead atoms. The van der Waals surface area contributed by atoms with Gasteiger partial charge in [0.1, 0.15) is 5.15 Å². The number of hydrogen-bond donors (Lipinski definition) is 3. The fourth-order valence-corrected chi connectivity index (χ4v) is 5.76. The number of ether oxygens (including phenoxy) is 2. The fourth-order valence-electron chi connectivity index (χ4n) is 5.44. The molecule has 3 N–H and O–H groups in total. The van der Waals surface area contributed by atoms with E-state index in [1.165, 1.54) is 0 Å². The zero-order valence-corrected chi connectivity index (χ0v) is 26.8. The molecule has 1 amide bonds. The zero-order chi connectivity index (χ0) is 32.5. The summed E-state index contributed by atoms with van der Waals surface area (Å²) in [4.78, 5) is 27.0. The Morgan fingerprint density at radius 2 is 1.63 bits per heavy atom. The lowest BCUT2D eigenvalue weighted by Gasteiger charge is -2.36. The summed E-state index contributed by atoms with van der Waals surface area (Å²) in [5.74, 6) is -0.853. The normalized spacial score (nSPS) is 17.9. The van der Waals surface area contributed by atoms with E-state index in [2.05, 4.69) is 16.4 Å². The van der Waals surface area contributed by atoms with Crippen molar-refractivity contribution in [1.82, 2.24) is 14.9 Å². The number of rotatable bonds is 14. The molecule has 2 heterocycles. The predicted molar refractivity (Wildman–Crippen MR) is 175 cm³/mol. The van der Waals surface area contributed by atoms with Crippen LogP contribution >= 0.6 is 23.2 Å². The Bertz CT molecular complexity index is 1610. The van der Waals surface area contributed by atoms with Crippen molar-refractivity contribution in [1.29, 1.82) is 0 Å². The van der Waals surface area contributed by atoms with Gasteiger partial charge in [-0.15, -0.1) is 0 Å². The number of aliphatic hydroxyl groups is 1. The molecule has 1 saturated heterocycles. The first-order valence-electron chi connectivity index (χ1n) is 15.3. The lowest BCUT2D eigenvalue weighted by Crippen LogP contribution is -2.32. The van der Waals surface area contributed by atoms with Crippen molar-refractivity contribution in [3.05, 3.63) is 112 Å². The third-order valence-corrected chi connectivity index (χ3v) is 8.74. The van der Waals surface area contributed by atoms with Crippen molar-refractivity contribution >= 4 is 35.1 Å². The van der Waals surface area contributed by atoms with Crippen molar-refractivity contribution < 1.29 is 29.3 Å². The van der Waals surface area contributed by atoms with Gasteiger partial charge in [0.15, 0.2) is 11.4 Å². The van der Waals surface area contributed by atoms with Crippen LogP contribution in [0.3, 0.4) is 0 Å². The number of halogens is 2. The van der Waals surface area contributed by atoms with Gasteiger partial charge in [0, 0.05) is 31.4 Å². The Hall–Kier alpha value is -3.73. The number of aliphatic carboxylic acids is 1. The van der Waals surface area contributed by atoms with E-state index >= 15 is 0 Å². The maximum atomic E-state index is 12.3. The van der Waals surface area contributed by atoms with Crippen LogP contribution in [0.4, 0.5) is 0 Å². The number of imidazole rings is 1. The SMILES string of the molecule is O=C(O)CCCCCC(=O)NCc1cccc(-c2ccc(C3OC(Cn4cnc(Cl)c4Cl)CC(c4ccc(CO)cc4)O3)cc2)c1. The molecule has 46 heavy (non-hydrogen) atoms. The molecule has 0 saturated carbocycles. The Balaban J connectivity index is 1.24. The van der Waals surface area contributed by atoms with Crippen molar-refractivity contribution in [2.45, 2.75) is 76.7 Å². The number of carboxylic acids is 1. The summed E-state index contributed by atoms with van der Waals surface area (Å²) in [5, 5.41) is 21.8. The van der Waals surface area contributed by atoms with Gasteiger partial charge in [-0.1, -0.05) is 96.4 Å². The number of carboxylic acid groups (broad SMARTS) is 1. The largest absolute Gasteiger partial charge is 0.481 e. The second-order valence-electron chi connectivity index (χ2n) is 11.4. The van der Waals surface area contributed by atoms with E-state index in [0.29, 0.717) is 43.9 Å². The minimum atomic E-state index is -0.808. The number of benzene rings is 3. The Morgan fingerprint density at radius 3 is 2.33 bits per heavy atom. The molecule has 1 fully saturated rings. The minimum Gasteiger partial charge on any atom is -0.481 e. The standard InChI is InChI=1S/C35H37Cl2N3O6/c36-33-34(37)40(22-39-33)20-29-18-30(26-11-9-23(21-41)10-12-26)46-35(45-29)27-15-13-25(14-16-27)28-6-4-5-24(17-28)19-38-31(42)7-2-1-3-8-32(43)44/h4-6,9-17,22,29-30,35,41H,1-3,7-8,18-21H2,(H,38,42)(H,43,44). The average Bonchev–Trinajstić information content (AvgIpc) is 3.39. The highest BCUT2D eigenvalue weighted by Crippen LogP contribution is 2.39. The number of carbonyl (C=O) groups is 2. The summed E-state index contributed by atoms with van der Waals surface area (Å²) in [7, 11) is 0. The topological polar surface area (TPSA) is 123 Å². The highest BCUT2D eigenvalue weighted by Gasteiger charge is 2.33. The molecule has 0 radical (unpaired) electrons. The summed E-state index contributed by atoms with van der Waals surface area (Å²) in [6, 6.07) is 23.8. The van der Waals surface area contributed by atoms with Crippen LogP contribution in [0.15, 0.2) is 79.1 Å². The smallest absolute Gasteiger partial charge is 0.303 e. The summed E-state index contributed by atoms with van der Waals surface area (Å²) in [6.07, 6.45) is 3.57. The van der Waals surface area contributed by atoms with Crippen LogP contribution in [-0.2, 0) is 38.8 Å². The second-order valence-corrected chi connectivity index (χ2v) is 12.1. The van der Waals surface area contributed by atoms with E-state index < -0.39 is 12.3 Å². The first kappa shape index (κ1) is 33.6. The number of carbonyl (C=O) groups excluding carboxylic acids is 1. The van der Waals surface area contributed by atoms with Crippen molar-refractivity contribution in [2.24, 2.45) is 0 Å². The molecule has 5 rings (SSSR count). The van der Waals surface area contributed by atoms with Crippen LogP contribution < -0.4 is 5.32 Å². The van der Waals surface area contributed by atoms with Crippen LogP contribution in [0.1, 0.15) is 73.2 Å². The van der Waals surface area contributed by atoms with E-state index in [9.17, 15) is 14.7 Å². The van der Waals surface area contributed by atoms with E-state index in [4.69, 9.17) is 37.8 Å². The highest BCUT2D eigenvalue weighted by atomic mass is 35.5. The van der Waals surface area contributed by atoms with Crippen LogP contribution in [0.25, 0.3) is 11.1 Å². The summed E-state index contributed by atoms with van der Waals surface area (Å²) < 4.78 is 14.7. The first-order valence-corrected chi connectivity index (χ1v) is 16.1. The molecule has 9 nitrogen and oxygen atoms in total. The highest BCUT2D eigenvalue weighted by molar-refractivity contribution is 6.40. The van der Waals surface area contributed by atoms with E-state index in [1.54, 1.807) is 10.9 Å². The lowest BCUT2D eigenvalue weighted by atomic mass is 9.99. The van der Waals surface area contributed by atoms with Gasteiger partial charge in [-0.3, -0.25) is 9.59 Å². The summed E-state index contributed by atoms with van der Waals surface area (Å²) in [5.41, 5.74) is 5.70. The molecule has 3 aromatic carbocycles. The van der Waals surface area contributed by atoms with Crippen LogP contribution in [0.5, 0.6) is 0 Å². The van der Waals surface area contributed by atoms with Gasteiger partial charge in [0.05, 0.1) is 31.7 Å². The monoisotopic (exact) mass is 665 g/mol. The van der Waals surface area contributed by atoms with Gasteiger partial charge in [-0.2, -0.15) is 0 Å². The van der Waals surface area contributed by atoms with Gasteiger partial charge in [-0.05, 0) is 46.7 Å². The third-order valence-electron chi connectivity index (χ3n) is 7.98. The maximum absolute atomic E-state index is 12.3. The van der Waals surface area contributed by atoms with Gasteiger partial charge >= 0.3 is 5.97 Å². The van der Waals surface area contributed by atoms with Crippen molar-refractivity contribution in [3.8, 4) is 11.1 Å². The molecule has 1 aliphatic heterocycles. The molecule has 1 aromatic heterocycles. The molecule has 4 aromatic rings. The second kappa shape index (κ2) is 16.2. The predicted octanol–water partition coefficient (Wildman–Crippen LogP) is 7.25. The van der Waals surface area contributed by atoms with E-state index in [1.807, 2.05) is 66.7 Å². The quantitative estimate of drug-likeness (QED) is 0.121. The summed E-state index contributed by atoms with van der Waals surface area (Å²) >= 11 is 12.4. The van der Waals surface area contributed by atoms with Crippen LogP contribution in [0, 0.1) is 0 Å². The van der Waals surface area contributed by atoms with Crippen LogP contribution in [0.2, 0.25) is 10.3 Å². The molecule has 3 atom stereocenters. The summed E-state index contributed by atoms with van der Waals surface area (Å²) in [6.45, 7) is 0.842. The number of unbranched alkanes of at least 4 members (excludes halogenated alkanes) is 2. The number of aromatic nitrogens is 2. The molecular weight excluding hydrogens is 629 g/mol. The van der Waals surface area contributed by atoms with Gasteiger partial charge < -0.3 is 29.6 Å². The van der Waals surface area contributed by atoms with Crippen LogP contribution in [-0.4, -0.2) is 37.7 Å². The molecule has 242 valence electrons. The molecule has 0 aliphatic carbocycles. The minimum absolute atomic E-state index is 0.0263. The lowest BCUT2D eigenvalue weighted by molar-refractivity contribution is -0.252. The average molecular weight is 667 g/mol. The zero-order valence-electron chi connectivity index (χ0n) is 25.3. The number of aliphatic hydroxyl groups excluding tert-OH is 1. The Kier molecular flexibility index (Phi) is 11.8. The number of amides is 1. The van der Waals surface area contributed by atoms with Gasteiger partial charge in [-0.25, -0.2) is 4.98 Å². The number of nitrogens with one attached hydrogen (secondary N) is 1. The first-order chi connectivity index (χ1) is 22.3. The fraction of sp³-hybridized carbons (Fsp3) is 0.343. The molecule has 3 unspecified atom stereocenters. The molecule has 11 heteroatoms. The third kappa shape index (κ3) is 9.18. The Labute approximate surface area is 278 Å². The van der Waals surface area contributed by atoms with Crippen molar-refractivity contribution in [2.75, 3.05) is 0 Å². The Morgan fingerprint density at radius 1 is 0.891 bits per heavy atom. The molecule has 0 spiro atoms. The number of hydrogen-bond acceptors (Lipinski definition) is 6.